The van der Waals surface area contributed by atoms with E-state index in [1.807, 2.05) is 12.1 Å². The van der Waals surface area contributed by atoms with E-state index in [0.29, 0.717) is 22.2 Å². The molecule has 2 heterocycles. The SMILES string of the molecule is COc1cccc(N2C[C@@H](C(=O)NNC(=O)c3cc4c(s3)CC[C@@H](C)C4)CC2=O)c1. The van der Waals surface area contributed by atoms with Gasteiger partial charge in [-0.2, -0.15) is 0 Å². The number of rotatable bonds is 4. The maximum atomic E-state index is 12.5. The number of nitrogens with one attached hydrogen (secondary N) is 2. The van der Waals surface area contributed by atoms with Gasteiger partial charge in [0, 0.05) is 29.6 Å². The summed E-state index contributed by atoms with van der Waals surface area (Å²) >= 11 is 1.49. The Morgan fingerprint density at radius 2 is 2.03 bits per heavy atom. The van der Waals surface area contributed by atoms with Crippen LogP contribution in [0, 0.1) is 11.8 Å². The summed E-state index contributed by atoms with van der Waals surface area (Å²) in [7, 11) is 1.56. The second-order valence-electron chi connectivity index (χ2n) is 7.96. The topological polar surface area (TPSA) is 87.7 Å². The van der Waals surface area contributed by atoms with Crippen LogP contribution in [0.2, 0.25) is 0 Å². The van der Waals surface area contributed by atoms with E-state index in [1.54, 1.807) is 30.2 Å². The van der Waals surface area contributed by atoms with Crippen LogP contribution in [0.1, 0.15) is 39.9 Å². The van der Waals surface area contributed by atoms with E-state index in [2.05, 4.69) is 17.8 Å². The average Bonchev–Trinajstić information content (AvgIpc) is 3.35. The highest BCUT2D eigenvalue weighted by molar-refractivity contribution is 7.14. The van der Waals surface area contributed by atoms with E-state index in [0.717, 1.165) is 19.3 Å². The van der Waals surface area contributed by atoms with Crippen molar-refractivity contribution in [3.8, 4) is 5.75 Å². The van der Waals surface area contributed by atoms with Crippen molar-refractivity contribution >= 4 is 34.7 Å². The van der Waals surface area contributed by atoms with Gasteiger partial charge in [0.2, 0.25) is 11.8 Å². The van der Waals surface area contributed by atoms with Crippen LogP contribution in [0.15, 0.2) is 30.3 Å². The number of hydrogen-bond donors (Lipinski definition) is 2. The van der Waals surface area contributed by atoms with E-state index in [4.69, 9.17) is 4.74 Å². The predicted molar refractivity (Wildman–Crippen MR) is 115 cm³/mol. The minimum absolute atomic E-state index is 0.101. The molecule has 2 N–H and O–H groups in total. The molecule has 30 heavy (non-hydrogen) atoms. The molecule has 2 aromatic rings. The zero-order valence-electron chi connectivity index (χ0n) is 17.1. The third-order valence-electron chi connectivity index (χ3n) is 5.71. The van der Waals surface area contributed by atoms with Crippen LogP contribution in [-0.4, -0.2) is 31.4 Å². The molecule has 7 nitrogen and oxygen atoms in total. The third-order valence-corrected chi connectivity index (χ3v) is 6.95. The molecule has 0 saturated carbocycles. The summed E-state index contributed by atoms with van der Waals surface area (Å²) in [5.74, 6) is -0.0544. The Bertz CT molecular complexity index is 987. The van der Waals surface area contributed by atoms with Crippen LogP contribution < -0.4 is 20.5 Å². The van der Waals surface area contributed by atoms with E-state index in [9.17, 15) is 14.4 Å². The molecule has 1 aromatic carbocycles. The lowest BCUT2D eigenvalue weighted by molar-refractivity contribution is -0.126. The summed E-state index contributed by atoms with van der Waals surface area (Å²) in [4.78, 5) is 40.9. The number of methoxy groups -OCH3 is 1. The molecule has 1 fully saturated rings. The van der Waals surface area contributed by atoms with Gasteiger partial charge in [-0.1, -0.05) is 13.0 Å². The van der Waals surface area contributed by atoms with Crippen LogP contribution in [0.5, 0.6) is 5.75 Å². The molecule has 1 saturated heterocycles. The molecule has 1 aliphatic carbocycles. The fourth-order valence-corrected chi connectivity index (χ4v) is 5.11. The van der Waals surface area contributed by atoms with Gasteiger partial charge in [0.25, 0.3) is 5.91 Å². The summed E-state index contributed by atoms with van der Waals surface area (Å²) < 4.78 is 5.20. The standard InChI is InChI=1S/C22H25N3O4S/c1-13-6-7-18-14(8-13)9-19(30-18)22(28)24-23-21(27)15-10-20(26)25(12-15)16-4-3-5-17(11-16)29-2/h3-5,9,11,13,15H,6-8,10,12H2,1-2H3,(H,23,27)(H,24,28)/t13-,15+/m1/s1. The van der Waals surface area contributed by atoms with Crippen molar-refractivity contribution in [1.82, 2.24) is 10.9 Å². The van der Waals surface area contributed by atoms with Gasteiger partial charge in [-0.3, -0.25) is 25.2 Å². The Morgan fingerprint density at radius 1 is 1.20 bits per heavy atom. The second-order valence-corrected chi connectivity index (χ2v) is 9.09. The van der Waals surface area contributed by atoms with Crippen LogP contribution in [0.3, 0.4) is 0 Å². The highest BCUT2D eigenvalue weighted by Gasteiger charge is 2.35. The monoisotopic (exact) mass is 427 g/mol. The van der Waals surface area contributed by atoms with Crippen molar-refractivity contribution in [2.45, 2.75) is 32.6 Å². The first kappa shape index (κ1) is 20.4. The van der Waals surface area contributed by atoms with Crippen LogP contribution in [0.25, 0.3) is 0 Å². The number of anilines is 1. The Balaban J connectivity index is 1.34. The van der Waals surface area contributed by atoms with Crippen LogP contribution >= 0.6 is 11.3 Å². The Hall–Kier alpha value is -2.87. The number of carbonyl (C=O) groups excluding carboxylic acids is 3. The molecule has 1 aromatic heterocycles. The zero-order chi connectivity index (χ0) is 21.3. The molecule has 0 bridgehead atoms. The minimum atomic E-state index is -0.526. The minimum Gasteiger partial charge on any atom is -0.497 e. The summed E-state index contributed by atoms with van der Waals surface area (Å²) in [6, 6.07) is 9.10. The maximum absolute atomic E-state index is 12.5. The van der Waals surface area contributed by atoms with Crippen LogP contribution in [0.4, 0.5) is 5.69 Å². The van der Waals surface area contributed by atoms with Gasteiger partial charge in [0.1, 0.15) is 5.75 Å². The lowest BCUT2D eigenvalue weighted by Gasteiger charge is -2.17. The number of aryl methyl sites for hydroxylation is 1. The second kappa shape index (κ2) is 8.47. The lowest BCUT2D eigenvalue weighted by Crippen LogP contribution is -2.45. The smallest absolute Gasteiger partial charge is 0.279 e. The normalized spacial score (nSPS) is 20.6. The van der Waals surface area contributed by atoms with Crippen molar-refractivity contribution < 1.29 is 19.1 Å². The summed E-state index contributed by atoms with van der Waals surface area (Å²) in [5.41, 5.74) is 6.93. The van der Waals surface area contributed by atoms with E-state index < -0.39 is 5.92 Å². The molecule has 1 aliphatic heterocycles. The number of carbonyl (C=O) groups is 3. The maximum Gasteiger partial charge on any atom is 0.279 e. The third kappa shape index (κ3) is 4.18. The molecule has 2 aliphatic rings. The van der Waals surface area contributed by atoms with Gasteiger partial charge < -0.3 is 9.64 Å². The number of hydrazine groups is 1. The van der Waals surface area contributed by atoms with Gasteiger partial charge >= 0.3 is 0 Å². The molecular formula is C22H25N3O4S. The van der Waals surface area contributed by atoms with Gasteiger partial charge in [0.15, 0.2) is 0 Å². The molecule has 0 radical (unpaired) electrons. The van der Waals surface area contributed by atoms with E-state index in [-0.39, 0.29) is 30.7 Å². The molecular weight excluding hydrogens is 402 g/mol. The summed E-state index contributed by atoms with van der Waals surface area (Å²) in [5, 5.41) is 0. The Labute approximate surface area is 179 Å². The lowest BCUT2D eigenvalue weighted by atomic mass is 9.90. The van der Waals surface area contributed by atoms with Gasteiger partial charge in [-0.15, -0.1) is 11.3 Å². The highest BCUT2D eigenvalue weighted by Crippen LogP contribution is 2.32. The number of nitrogens with zero attached hydrogens (tertiary/aromatic N) is 1. The largest absolute Gasteiger partial charge is 0.497 e. The quantitative estimate of drug-likeness (QED) is 0.735. The highest BCUT2D eigenvalue weighted by atomic mass is 32.1. The summed E-state index contributed by atoms with van der Waals surface area (Å²) in [6.45, 7) is 2.48. The molecule has 0 spiro atoms. The number of benzene rings is 1. The molecule has 4 rings (SSSR count). The predicted octanol–water partition coefficient (Wildman–Crippen LogP) is 2.70. The Kier molecular flexibility index (Phi) is 5.76. The van der Waals surface area contributed by atoms with Crippen LogP contribution in [-0.2, 0) is 22.4 Å². The van der Waals surface area contributed by atoms with Gasteiger partial charge in [0.05, 0.1) is 17.9 Å². The van der Waals surface area contributed by atoms with Crippen molar-refractivity contribution in [2.75, 3.05) is 18.6 Å². The van der Waals surface area contributed by atoms with Crippen molar-refractivity contribution in [3.05, 3.63) is 45.6 Å². The molecule has 2 atom stereocenters. The zero-order valence-corrected chi connectivity index (χ0v) is 17.9. The number of thiophene rings is 1. The van der Waals surface area contributed by atoms with Gasteiger partial charge in [-0.05, 0) is 48.9 Å². The average molecular weight is 428 g/mol. The number of amides is 3. The molecule has 0 unspecified atom stereocenters. The fraction of sp³-hybridized carbons (Fsp3) is 0.409. The van der Waals surface area contributed by atoms with Crippen molar-refractivity contribution in [3.63, 3.8) is 0 Å². The molecule has 3 amide bonds. The molecule has 158 valence electrons. The first-order valence-corrected chi connectivity index (χ1v) is 10.9. The summed E-state index contributed by atoms with van der Waals surface area (Å²) in [6.07, 6.45) is 3.25. The molecule has 8 heteroatoms. The number of hydrogen-bond acceptors (Lipinski definition) is 5. The van der Waals surface area contributed by atoms with Crippen molar-refractivity contribution in [2.24, 2.45) is 11.8 Å². The first-order valence-electron chi connectivity index (χ1n) is 10.1. The van der Waals surface area contributed by atoms with E-state index in [1.165, 1.54) is 21.8 Å². The van der Waals surface area contributed by atoms with E-state index >= 15 is 0 Å². The number of ether oxygens (including phenoxy) is 1. The van der Waals surface area contributed by atoms with Crippen molar-refractivity contribution in [1.29, 1.82) is 0 Å². The van der Waals surface area contributed by atoms with Gasteiger partial charge in [-0.25, -0.2) is 0 Å². The first-order chi connectivity index (χ1) is 14.4. The number of fused-ring (bicyclic) bond motifs is 1. The fourth-order valence-electron chi connectivity index (χ4n) is 4.01. The Morgan fingerprint density at radius 3 is 2.83 bits per heavy atom.